The van der Waals surface area contributed by atoms with Gasteiger partial charge in [0.2, 0.25) is 0 Å². The van der Waals surface area contributed by atoms with E-state index >= 15 is 0 Å². The van der Waals surface area contributed by atoms with Crippen molar-refractivity contribution in [2.75, 3.05) is 26.7 Å². The second kappa shape index (κ2) is 7.91. The highest BCUT2D eigenvalue weighted by Crippen LogP contribution is 2.28. The molecule has 2 aliphatic heterocycles. The van der Waals surface area contributed by atoms with Crippen LogP contribution >= 0.6 is 11.6 Å². The first-order valence-corrected chi connectivity index (χ1v) is 9.97. The zero-order valence-electron chi connectivity index (χ0n) is 15.7. The molecule has 2 heterocycles. The number of benzene rings is 2. The maximum atomic E-state index is 13.1. The highest BCUT2D eigenvalue weighted by molar-refractivity contribution is 6.31. The number of amides is 1. The summed E-state index contributed by atoms with van der Waals surface area (Å²) in [5.41, 5.74) is 3.43. The predicted molar refractivity (Wildman–Crippen MR) is 107 cm³/mol. The summed E-state index contributed by atoms with van der Waals surface area (Å²) in [4.78, 5) is 17.6. The fraction of sp³-hybridized carbons (Fsp3) is 0.409. The molecule has 5 heteroatoms. The van der Waals surface area contributed by atoms with Crippen LogP contribution in [-0.4, -0.2) is 48.5 Å². The van der Waals surface area contributed by atoms with Gasteiger partial charge in [0, 0.05) is 37.2 Å². The molecule has 0 aliphatic carbocycles. The number of hydrogen-bond acceptors (Lipinski definition) is 3. The van der Waals surface area contributed by atoms with Crippen LogP contribution in [0, 0.1) is 0 Å². The lowest BCUT2D eigenvalue weighted by molar-refractivity contribution is 0.0546. The number of methoxy groups -OCH3 is 1. The van der Waals surface area contributed by atoms with Crippen LogP contribution in [0.2, 0.25) is 5.02 Å². The number of halogens is 1. The Bertz CT molecular complexity index is 839. The normalized spacial score (nSPS) is 20.2. The topological polar surface area (TPSA) is 32.8 Å². The Morgan fingerprint density at radius 2 is 1.96 bits per heavy atom. The van der Waals surface area contributed by atoms with E-state index in [1.807, 2.05) is 4.90 Å². The van der Waals surface area contributed by atoms with Gasteiger partial charge in [-0.05, 0) is 48.6 Å². The van der Waals surface area contributed by atoms with E-state index in [4.69, 9.17) is 16.3 Å². The first kappa shape index (κ1) is 18.3. The van der Waals surface area contributed by atoms with Crippen LogP contribution < -0.4 is 4.74 Å². The number of fused-ring (bicyclic) bond motifs is 1. The Morgan fingerprint density at radius 3 is 2.78 bits per heavy atom. The number of hydrogen-bond donors (Lipinski definition) is 0. The fourth-order valence-electron chi connectivity index (χ4n) is 4.28. The van der Waals surface area contributed by atoms with Gasteiger partial charge < -0.3 is 9.64 Å². The molecule has 0 radical (unpaired) electrons. The number of nitrogens with zero attached hydrogens (tertiary/aromatic N) is 2. The maximum Gasteiger partial charge on any atom is 0.257 e. The molecule has 1 amide bonds. The van der Waals surface area contributed by atoms with E-state index in [0.717, 1.165) is 45.4 Å². The zero-order valence-corrected chi connectivity index (χ0v) is 16.4. The molecule has 0 aromatic heterocycles. The Kier molecular flexibility index (Phi) is 5.37. The maximum absolute atomic E-state index is 13.1. The van der Waals surface area contributed by atoms with Gasteiger partial charge >= 0.3 is 0 Å². The van der Waals surface area contributed by atoms with Crippen LogP contribution in [0.1, 0.15) is 34.3 Å². The molecule has 1 saturated heterocycles. The van der Waals surface area contributed by atoms with Crippen LogP contribution in [0.4, 0.5) is 0 Å². The molecule has 4 rings (SSSR count). The van der Waals surface area contributed by atoms with Gasteiger partial charge in [-0.15, -0.1) is 0 Å². The minimum atomic E-state index is 0.0106. The van der Waals surface area contributed by atoms with Crippen LogP contribution in [0.15, 0.2) is 42.5 Å². The van der Waals surface area contributed by atoms with Crippen molar-refractivity contribution in [3.8, 4) is 5.75 Å². The van der Waals surface area contributed by atoms with E-state index in [2.05, 4.69) is 29.2 Å². The third-order valence-corrected chi connectivity index (χ3v) is 5.99. The minimum absolute atomic E-state index is 0.0106. The van der Waals surface area contributed by atoms with Crippen molar-refractivity contribution in [2.45, 2.75) is 31.8 Å². The van der Waals surface area contributed by atoms with E-state index in [-0.39, 0.29) is 5.91 Å². The van der Waals surface area contributed by atoms with Crippen molar-refractivity contribution in [3.05, 3.63) is 64.2 Å². The summed E-state index contributed by atoms with van der Waals surface area (Å²) in [7, 11) is 1.59. The van der Waals surface area contributed by atoms with E-state index in [9.17, 15) is 4.79 Å². The Hall–Kier alpha value is -2.04. The lowest BCUT2D eigenvalue weighted by atomic mass is 9.95. The molecule has 142 valence electrons. The Morgan fingerprint density at radius 1 is 1.15 bits per heavy atom. The second-order valence-electron chi connectivity index (χ2n) is 7.38. The molecule has 27 heavy (non-hydrogen) atoms. The van der Waals surface area contributed by atoms with Gasteiger partial charge in [0.15, 0.2) is 0 Å². The molecule has 0 spiro atoms. The van der Waals surface area contributed by atoms with Crippen molar-refractivity contribution < 1.29 is 9.53 Å². The molecule has 0 N–H and O–H groups in total. The quantitative estimate of drug-likeness (QED) is 0.801. The summed E-state index contributed by atoms with van der Waals surface area (Å²) in [5.74, 6) is 0.592. The molecule has 0 bridgehead atoms. The van der Waals surface area contributed by atoms with Gasteiger partial charge in [0.25, 0.3) is 5.91 Å². The third-order valence-electron chi connectivity index (χ3n) is 5.75. The van der Waals surface area contributed by atoms with Crippen molar-refractivity contribution >= 4 is 17.5 Å². The highest BCUT2D eigenvalue weighted by Gasteiger charge is 2.31. The SMILES string of the molecule is COc1ccc(Cl)cc1C(=O)N1CCC[C@@H](N2CCc3ccccc3C2)C1. The van der Waals surface area contributed by atoms with E-state index in [1.54, 1.807) is 25.3 Å². The zero-order chi connectivity index (χ0) is 18.8. The van der Waals surface area contributed by atoms with E-state index in [0.29, 0.717) is 22.4 Å². The number of piperidine rings is 1. The van der Waals surface area contributed by atoms with E-state index in [1.165, 1.54) is 11.1 Å². The van der Waals surface area contributed by atoms with Gasteiger partial charge in [-0.3, -0.25) is 9.69 Å². The molecular formula is C22H25ClN2O2. The minimum Gasteiger partial charge on any atom is -0.496 e. The molecule has 2 aromatic carbocycles. The van der Waals surface area contributed by atoms with Crippen molar-refractivity contribution in [1.82, 2.24) is 9.80 Å². The van der Waals surface area contributed by atoms with E-state index < -0.39 is 0 Å². The van der Waals surface area contributed by atoms with Gasteiger partial charge in [-0.25, -0.2) is 0 Å². The average Bonchev–Trinajstić information content (AvgIpc) is 2.73. The number of carbonyl (C=O) groups is 1. The summed E-state index contributed by atoms with van der Waals surface area (Å²) in [6, 6.07) is 14.3. The average molecular weight is 385 g/mol. The van der Waals surface area contributed by atoms with Gasteiger partial charge in [-0.1, -0.05) is 35.9 Å². The van der Waals surface area contributed by atoms with Crippen LogP contribution in [0.5, 0.6) is 5.75 Å². The van der Waals surface area contributed by atoms with Crippen molar-refractivity contribution in [1.29, 1.82) is 0 Å². The summed E-state index contributed by atoms with van der Waals surface area (Å²) in [6.07, 6.45) is 3.25. The van der Waals surface area contributed by atoms with Gasteiger partial charge in [0.05, 0.1) is 12.7 Å². The molecule has 2 aromatic rings. The summed E-state index contributed by atoms with van der Waals surface area (Å²) in [6.45, 7) is 3.58. The Balaban J connectivity index is 1.49. The first-order valence-electron chi connectivity index (χ1n) is 9.59. The summed E-state index contributed by atoms with van der Waals surface area (Å²) >= 11 is 6.12. The fourth-order valence-corrected chi connectivity index (χ4v) is 4.46. The van der Waals surface area contributed by atoms with Crippen molar-refractivity contribution in [2.24, 2.45) is 0 Å². The van der Waals surface area contributed by atoms with Crippen LogP contribution in [0.3, 0.4) is 0 Å². The molecule has 4 nitrogen and oxygen atoms in total. The predicted octanol–water partition coefficient (Wildman–Crippen LogP) is 4.01. The van der Waals surface area contributed by atoms with Crippen molar-refractivity contribution in [3.63, 3.8) is 0 Å². The molecule has 0 unspecified atom stereocenters. The smallest absolute Gasteiger partial charge is 0.257 e. The molecule has 2 aliphatic rings. The number of ether oxygens (including phenoxy) is 1. The number of rotatable bonds is 3. The molecular weight excluding hydrogens is 360 g/mol. The highest BCUT2D eigenvalue weighted by atomic mass is 35.5. The largest absolute Gasteiger partial charge is 0.496 e. The third kappa shape index (κ3) is 3.83. The Labute approximate surface area is 165 Å². The second-order valence-corrected chi connectivity index (χ2v) is 7.82. The standard InChI is InChI=1S/C22H25ClN2O2/c1-27-21-9-8-18(23)13-20(21)22(26)25-11-4-7-19(15-25)24-12-10-16-5-2-3-6-17(16)14-24/h2-3,5-6,8-9,13,19H,4,7,10-12,14-15H2,1H3/t19-/m1/s1. The lowest BCUT2D eigenvalue weighted by Crippen LogP contribution is -2.51. The van der Waals surface area contributed by atoms with Crippen LogP contribution in [0.25, 0.3) is 0 Å². The van der Waals surface area contributed by atoms with Gasteiger partial charge in [0.1, 0.15) is 5.75 Å². The monoisotopic (exact) mass is 384 g/mol. The first-order chi connectivity index (χ1) is 13.2. The van der Waals surface area contributed by atoms with Gasteiger partial charge in [-0.2, -0.15) is 0 Å². The summed E-state index contributed by atoms with van der Waals surface area (Å²) in [5, 5.41) is 0.556. The molecule has 1 fully saturated rings. The molecule has 1 atom stereocenters. The number of likely N-dealkylation sites (tertiary alicyclic amines) is 1. The number of carbonyl (C=O) groups excluding carboxylic acids is 1. The summed E-state index contributed by atoms with van der Waals surface area (Å²) < 4.78 is 5.38. The lowest BCUT2D eigenvalue weighted by Gasteiger charge is -2.41. The van der Waals surface area contributed by atoms with Crippen LogP contribution in [-0.2, 0) is 13.0 Å². The molecule has 0 saturated carbocycles.